The molecular weight excluding hydrogens is 311 g/mol. The molecule has 7 heteroatoms. The van der Waals surface area contributed by atoms with Crippen LogP contribution in [0.4, 0.5) is 10.1 Å². The Morgan fingerprint density at radius 1 is 1.25 bits per heavy atom. The molecule has 3 aromatic rings. The van der Waals surface area contributed by atoms with Gasteiger partial charge >= 0.3 is 5.69 Å². The summed E-state index contributed by atoms with van der Waals surface area (Å²) in [5.74, 6) is 0.955. The van der Waals surface area contributed by atoms with Gasteiger partial charge in [-0.3, -0.25) is 4.98 Å². The van der Waals surface area contributed by atoms with E-state index >= 15 is 0 Å². The van der Waals surface area contributed by atoms with Crippen LogP contribution in [0.25, 0.3) is 0 Å². The van der Waals surface area contributed by atoms with Gasteiger partial charge in [0, 0.05) is 11.8 Å². The monoisotopic (exact) mass is 328 g/mol. The maximum absolute atomic E-state index is 12.9. The summed E-state index contributed by atoms with van der Waals surface area (Å²) in [5.41, 5.74) is 1.36. The fraction of sp³-hybridized carbons (Fsp3) is 0.176. The van der Waals surface area contributed by atoms with Gasteiger partial charge in [-0.25, -0.2) is 13.9 Å². The van der Waals surface area contributed by atoms with Crippen LogP contribution < -0.4 is 15.7 Å². The van der Waals surface area contributed by atoms with E-state index in [0.717, 1.165) is 17.0 Å². The van der Waals surface area contributed by atoms with Crippen molar-refractivity contribution in [2.24, 2.45) is 0 Å². The quantitative estimate of drug-likeness (QED) is 0.729. The van der Waals surface area contributed by atoms with Crippen LogP contribution in [0.5, 0.6) is 5.75 Å². The Hall–Kier alpha value is -3.09. The minimum Gasteiger partial charge on any atom is -0.497 e. The van der Waals surface area contributed by atoms with E-state index in [9.17, 15) is 9.18 Å². The van der Waals surface area contributed by atoms with Crippen molar-refractivity contribution in [1.29, 1.82) is 0 Å². The van der Waals surface area contributed by atoms with E-state index in [1.54, 1.807) is 19.2 Å². The number of H-pyrrole nitrogens is 1. The van der Waals surface area contributed by atoms with Crippen molar-refractivity contribution in [3.8, 4) is 5.75 Å². The summed E-state index contributed by atoms with van der Waals surface area (Å²) in [6, 6.07) is 13.5. The van der Waals surface area contributed by atoms with Crippen molar-refractivity contribution in [3.63, 3.8) is 0 Å². The van der Waals surface area contributed by atoms with Crippen LogP contribution in [-0.4, -0.2) is 21.9 Å². The second kappa shape index (κ2) is 6.99. The van der Waals surface area contributed by atoms with Crippen molar-refractivity contribution in [3.05, 3.63) is 76.2 Å². The zero-order valence-electron chi connectivity index (χ0n) is 13.1. The fourth-order valence-corrected chi connectivity index (χ4v) is 2.27. The Morgan fingerprint density at radius 2 is 2.04 bits per heavy atom. The van der Waals surface area contributed by atoms with Gasteiger partial charge in [0.1, 0.15) is 17.4 Å². The molecule has 1 aromatic heterocycles. The molecule has 0 saturated carbocycles. The number of halogens is 1. The lowest BCUT2D eigenvalue weighted by Crippen LogP contribution is -2.18. The van der Waals surface area contributed by atoms with Crippen molar-refractivity contribution in [2.75, 3.05) is 12.4 Å². The summed E-state index contributed by atoms with van der Waals surface area (Å²) in [6.45, 7) is 0.660. The number of hydrogen-bond donors (Lipinski definition) is 2. The highest BCUT2D eigenvalue weighted by atomic mass is 19.1. The fourth-order valence-electron chi connectivity index (χ4n) is 2.27. The topological polar surface area (TPSA) is 71.9 Å². The van der Waals surface area contributed by atoms with Crippen molar-refractivity contribution in [2.45, 2.75) is 13.1 Å². The van der Waals surface area contributed by atoms with Crippen molar-refractivity contribution >= 4 is 5.69 Å². The average Bonchev–Trinajstić information content (AvgIpc) is 2.95. The van der Waals surface area contributed by atoms with Crippen LogP contribution in [0.2, 0.25) is 0 Å². The number of benzene rings is 2. The van der Waals surface area contributed by atoms with E-state index in [1.807, 2.05) is 24.3 Å². The third-order valence-electron chi connectivity index (χ3n) is 3.50. The van der Waals surface area contributed by atoms with Gasteiger partial charge in [0.2, 0.25) is 0 Å². The number of rotatable bonds is 6. The van der Waals surface area contributed by atoms with E-state index in [4.69, 9.17) is 4.74 Å². The number of aromatic nitrogens is 3. The molecule has 124 valence electrons. The second-order valence-corrected chi connectivity index (χ2v) is 5.25. The number of methoxy groups -OCH3 is 1. The number of aromatic amines is 1. The van der Waals surface area contributed by atoms with Gasteiger partial charge in [-0.05, 0) is 29.8 Å². The number of ether oxygens (including phenoxy) is 1. The van der Waals surface area contributed by atoms with Gasteiger partial charge in [0.05, 0.1) is 20.2 Å². The van der Waals surface area contributed by atoms with Crippen LogP contribution in [0.3, 0.4) is 0 Å². The van der Waals surface area contributed by atoms with Crippen LogP contribution >= 0.6 is 0 Å². The lowest BCUT2D eigenvalue weighted by Gasteiger charge is -2.06. The van der Waals surface area contributed by atoms with Gasteiger partial charge in [-0.15, -0.1) is 0 Å². The zero-order chi connectivity index (χ0) is 16.9. The smallest absolute Gasteiger partial charge is 0.343 e. The Morgan fingerprint density at radius 3 is 2.79 bits per heavy atom. The number of hydrogen-bond acceptors (Lipinski definition) is 4. The van der Waals surface area contributed by atoms with Gasteiger partial charge < -0.3 is 10.1 Å². The molecule has 0 aliphatic rings. The lowest BCUT2D eigenvalue weighted by molar-refractivity contribution is 0.415. The molecule has 6 nitrogen and oxygen atoms in total. The SMILES string of the molecule is COc1cccc(NCc2nn(Cc3ccc(F)cc3)c(=O)[nH]2)c1. The van der Waals surface area contributed by atoms with Crippen LogP contribution in [0, 0.1) is 5.82 Å². The minimum atomic E-state index is -0.309. The predicted octanol–water partition coefficient (Wildman–Crippen LogP) is 2.38. The van der Waals surface area contributed by atoms with E-state index in [2.05, 4.69) is 15.4 Å². The maximum Gasteiger partial charge on any atom is 0.343 e. The first kappa shape index (κ1) is 15.8. The van der Waals surface area contributed by atoms with Gasteiger partial charge in [0.25, 0.3) is 0 Å². The summed E-state index contributed by atoms with van der Waals surface area (Å²) in [7, 11) is 1.60. The normalized spacial score (nSPS) is 10.6. The molecule has 0 aliphatic heterocycles. The molecule has 2 N–H and O–H groups in total. The molecule has 0 radical (unpaired) electrons. The molecule has 2 aromatic carbocycles. The van der Waals surface area contributed by atoms with Crippen LogP contribution in [-0.2, 0) is 13.1 Å². The molecule has 1 heterocycles. The summed E-state index contributed by atoms with van der Waals surface area (Å²) in [4.78, 5) is 14.6. The Labute approximate surface area is 137 Å². The molecule has 0 aliphatic carbocycles. The Balaban J connectivity index is 1.67. The zero-order valence-corrected chi connectivity index (χ0v) is 13.1. The van der Waals surface area contributed by atoms with Gasteiger partial charge in [-0.1, -0.05) is 18.2 Å². The molecule has 0 unspecified atom stereocenters. The minimum absolute atomic E-state index is 0.286. The molecule has 24 heavy (non-hydrogen) atoms. The number of nitrogens with one attached hydrogen (secondary N) is 2. The maximum atomic E-state index is 12.9. The lowest BCUT2D eigenvalue weighted by atomic mass is 10.2. The third-order valence-corrected chi connectivity index (χ3v) is 3.50. The molecule has 0 atom stereocenters. The Kier molecular flexibility index (Phi) is 4.60. The van der Waals surface area contributed by atoms with Crippen molar-refractivity contribution in [1.82, 2.24) is 14.8 Å². The van der Waals surface area contributed by atoms with E-state index < -0.39 is 0 Å². The number of nitrogens with zero attached hydrogens (tertiary/aromatic N) is 2. The average molecular weight is 328 g/mol. The second-order valence-electron chi connectivity index (χ2n) is 5.25. The van der Waals surface area contributed by atoms with Crippen molar-refractivity contribution < 1.29 is 9.13 Å². The first-order valence-corrected chi connectivity index (χ1v) is 7.42. The standard InChI is InChI=1S/C17H17FN4O2/c1-24-15-4-2-3-14(9-15)19-10-16-20-17(23)22(21-16)11-12-5-7-13(18)8-6-12/h2-9,19H,10-11H2,1H3,(H,20,21,23). The largest absolute Gasteiger partial charge is 0.497 e. The van der Waals surface area contributed by atoms with E-state index in [-0.39, 0.29) is 18.1 Å². The summed E-state index contributed by atoms with van der Waals surface area (Å²) in [6.07, 6.45) is 0. The summed E-state index contributed by atoms with van der Waals surface area (Å²) >= 11 is 0. The molecule has 3 rings (SSSR count). The molecule has 0 saturated heterocycles. The highest BCUT2D eigenvalue weighted by Crippen LogP contribution is 2.16. The first-order valence-electron chi connectivity index (χ1n) is 7.42. The van der Waals surface area contributed by atoms with Crippen LogP contribution in [0.1, 0.15) is 11.4 Å². The molecule has 0 spiro atoms. The predicted molar refractivity (Wildman–Crippen MR) is 88.7 cm³/mol. The Bertz CT molecular complexity index is 871. The van der Waals surface area contributed by atoms with E-state index in [1.165, 1.54) is 16.8 Å². The van der Waals surface area contributed by atoms with Gasteiger partial charge in [-0.2, -0.15) is 5.10 Å². The highest BCUT2D eigenvalue weighted by molar-refractivity contribution is 5.48. The van der Waals surface area contributed by atoms with Gasteiger partial charge in [0.15, 0.2) is 0 Å². The first-order chi connectivity index (χ1) is 11.6. The summed E-state index contributed by atoms with van der Waals surface area (Å²) < 4.78 is 19.4. The number of anilines is 1. The van der Waals surface area contributed by atoms with E-state index in [0.29, 0.717) is 12.4 Å². The molecule has 0 bridgehead atoms. The molecular formula is C17H17FN4O2. The summed E-state index contributed by atoms with van der Waals surface area (Å²) in [5, 5.41) is 7.42. The molecule has 0 fully saturated rings. The van der Waals surface area contributed by atoms with Crippen LogP contribution in [0.15, 0.2) is 53.3 Å². The highest BCUT2D eigenvalue weighted by Gasteiger charge is 2.06. The molecule has 0 amide bonds. The third kappa shape index (κ3) is 3.81.